The van der Waals surface area contributed by atoms with Gasteiger partial charge < -0.3 is 10.6 Å². The third-order valence-electron chi connectivity index (χ3n) is 3.68. The minimum Gasteiger partial charge on any atom is -0.352 e. The summed E-state index contributed by atoms with van der Waals surface area (Å²) in [5.74, 6) is 0.455. The summed E-state index contributed by atoms with van der Waals surface area (Å²) in [6.45, 7) is 1.41. The van der Waals surface area contributed by atoms with Crippen LogP contribution in [0.15, 0.2) is 18.2 Å². The van der Waals surface area contributed by atoms with E-state index in [2.05, 4.69) is 16.7 Å². The van der Waals surface area contributed by atoms with E-state index in [0.29, 0.717) is 12.6 Å². The van der Waals surface area contributed by atoms with E-state index in [1.807, 2.05) is 12.1 Å². The number of hydrogen-bond acceptors (Lipinski definition) is 2. The molecule has 3 nitrogen and oxygen atoms in total. The maximum atomic E-state index is 11.6. The Kier molecular flexibility index (Phi) is 3.76. The lowest BCUT2D eigenvalue weighted by Gasteiger charge is -2.09. The summed E-state index contributed by atoms with van der Waals surface area (Å²) in [5, 5.41) is 7.24. The minimum atomic E-state index is 0.188. The minimum absolute atomic E-state index is 0.188. The molecule has 0 radical (unpaired) electrons. The Morgan fingerprint density at radius 2 is 2.00 bits per heavy atom. The highest BCUT2D eigenvalue weighted by atomic mass is 35.5. The van der Waals surface area contributed by atoms with Crippen LogP contribution >= 0.6 is 11.6 Å². The molecule has 0 atom stereocenters. The van der Waals surface area contributed by atoms with Crippen molar-refractivity contribution in [3.8, 4) is 0 Å². The van der Waals surface area contributed by atoms with E-state index in [4.69, 9.17) is 11.6 Å². The Morgan fingerprint density at radius 3 is 2.68 bits per heavy atom. The fourth-order valence-corrected chi connectivity index (χ4v) is 2.28. The number of amides is 1. The van der Waals surface area contributed by atoms with Crippen molar-refractivity contribution in [1.29, 1.82) is 0 Å². The van der Waals surface area contributed by atoms with Crippen molar-refractivity contribution in [2.45, 2.75) is 44.8 Å². The third-order valence-corrected chi connectivity index (χ3v) is 4.05. The number of carbonyl (C=O) groups is 1. The van der Waals surface area contributed by atoms with Gasteiger partial charge in [0.05, 0.1) is 0 Å². The van der Waals surface area contributed by atoms with Crippen molar-refractivity contribution < 1.29 is 4.79 Å². The van der Waals surface area contributed by atoms with Gasteiger partial charge in [0.2, 0.25) is 5.91 Å². The summed E-state index contributed by atoms with van der Waals surface area (Å²) in [6, 6.07) is 6.67. The molecule has 4 heteroatoms. The molecule has 0 saturated heterocycles. The maximum absolute atomic E-state index is 11.6. The van der Waals surface area contributed by atoms with Gasteiger partial charge in [0, 0.05) is 30.1 Å². The third kappa shape index (κ3) is 3.71. The van der Waals surface area contributed by atoms with Gasteiger partial charge in [0.15, 0.2) is 0 Å². The van der Waals surface area contributed by atoms with Crippen LogP contribution in [-0.4, -0.2) is 11.9 Å². The molecule has 102 valence electrons. The quantitative estimate of drug-likeness (QED) is 0.840. The Hall–Kier alpha value is -1.06. The first-order valence-corrected chi connectivity index (χ1v) is 7.38. The van der Waals surface area contributed by atoms with Crippen molar-refractivity contribution in [2.24, 2.45) is 5.92 Å². The van der Waals surface area contributed by atoms with E-state index in [-0.39, 0.29) is 11.8 Å². The monoisotopic (exact) mass is 278 g/mol. The highest BCUT2D eigenvalue weighted by molar-refractivity contribution is 6.31. The van der Waals surface area contributed by atoms with Crippen LogP contribution < -0.4 is 10.6 Å². The lowest BCUT2D eigenvalue weighted by molar-refractivity contribution is -0.122. The maximum Gasteiger partial charge on any atom is 0.223 e. The van der Waals surface area contributed by atoms with Crippen molar-refractivity contribution in [3.05, 3.63) is 34.3 Å². The summed E-state index contributed by atoms with van der Waals surface area (Å²) < 4.78 is 0. The average Bonchev–Trinajstić information content (AvgIpc) is 3.29. The molecule has 19 heavy (non-hydrogen) atoms. The highest BCUT2D eigenvalue weighted by Gasteiger charge is 2.29. The first-order valence-electron chi connectivity index (χ1n) is 7.01. The van der Waals surface area contributed by atoms with Gasteiger partial charge in [-0.3, -0.25) is 4.79 Å². The lowest BCUT2D eigenvalue weighted by atomic mass is 10.1. The number of nitrogens with one attached hydrogen (secondary N) is 2. The standard InChI is InChI=1S/C15H19ClN2O/c16-14-6-1-10(8-18-15(19)11-2-3-11)7-12(14)9-17-13-4-5-13/h1,6-7,11,13,17H,2-5,8-9H2,(H,18,19). The van der Waals surface area contributed by atoms with Crippen molar-refractivity contribution >= 4 is 17.5 Å². The molecule has 0 heterocycles. The Bertz CT molecular complexity index is 481. The molecule has 0 aliphatic heterocycles. The Morgan fingerprint density at radius 1 is 1.21 bits per heavy atom. The lowest BCUT2D eigenvalue weighted by Crippen LogP contribution is -2.24. The van der Waals surface area contributed by atoms with Crippen LogP contribution in [0.25, 0.3) is 0 Å². The molecular formula is C15H19ClN2O. The van der Waals surface area contributed by atoms with Crippen LogP contribution in [0.2, 0.25) is 5.02 Å². The van der Waals surface area contributed by atoms with Crippen LogP contribution in [0.3, 0.4) is 0 Å². The molecule has 2 aliphatic rings. The van der Waals surface area contributed by atoms with Crippen LogP contribution in [-0.2, 0) is 17.9 Å². The molecule has 2 aliphatic carbocycles. The molecule has 1 aromatic carbocycles. The highest BCUT2D eigenvalue weighted by Crippen LogP contribution is 2.29. The first-order chi connectivity index (χ1) is 9.22. The van der Waals surface area contributed by atoms with Gasteiger partial charge in [-0.25, -0.2) is 0 Å². The normalized spacial score (nSPS) is 18.4. The topological polar surface area (TPSA) is 41.1 Å². The van der Waals surface area contributed by atoms with E-state index in [1.54, 1.807) is 0 Å². The van der Waals surface area contributed by atoms with Crippen LogP contribution in [0, 0.1) is 5.92 Å². The summed E-state index contributed by atoms with van der Waals surface area (Å²) in [7, 11) is 0. The summed E-state index contributed by atoms with van der Waals surface area (Å²) in [5.41, 5.74) is 2.23. The second-order valence-electron chi connectivity index (χ2n) is 5.57. The predicted molar refractivity (Wildman–Crippen MR) is 75.9 cm³/mol. The zero-order valence-electron chi connectivity index (χ0n) is 10.9. The predicted octanol–water partition coefficient (Wildman–Crippen LogP) is 2.62. The number of halogens is 1. The van der Waals surface area contributed by atoms with E-state index < -0.39 is 0 Å². The zero-order chi connectivity index (χ0) is 13.2. The van der Waals surface area contributed by atoms with E-state index >= 15 is 0 Å². The molecule has 1 aromatic rings. The molecule has 2 N–H and O–H groups in total. The second-order valence-corrected chi connectivity index (χ2v) is 5.98. The van der Waals surface area contributed by atoms with E-state index in [0.717, 1.165) is 35.5 Å². The zero-order valence-corrected chi connectivity index (χ0v) is 11.7. The smallest absolute Gasteiger partial charge is 0.223 e. The number of hydrogen-bond donors (Lipinski definition) is 2. The fraction of sp³-hybridized carbons (Fsp3) is 0.533. The molecule has 0 unspecified atom stereocenters. The van der Waals surface area contributed by atoms with Crippen molar-refractivity contribution in [1.82, 2.24) is 10.6 Å². The van der Waals surface area contributed by atoms with Crippen molar-refractivity contribution in [3.63, 3.8) is 0 Å². The van der Waals surface area contributed by atoms with Gasteiger partial charge in [0.25, 0.3) is 0 Å². The first kappa shape index (κ1) is 12.9. The largest absolute Gasteiger partial charge is 0.352 e. The Balaban J connectivity index is 1.57. The molecule has 0 spiro atoms. The molecular weight excluding hydrogens is 260 g/mol. The van der Waals surface area contributed by atoms with Gasteiger partial charge >= 0.3 is 0 Å². The molecule has 3 rings (SSSR count). The molecule has 0 aromatic heterocycles. The summed E-state index contributed by atoms with van der Waals surface area (Å²) >= 11 is 6.20. The van der Waals surface area contributed by atoms with Crippen LogP contribution in [0.1, 0.15) is 36.8 Å². The van der Waals surface area contributed by atoms with Crippen LogP contribution in [0.5, 0.6) is 0 Å². The summed E-state index contributed by atoms with van der Waals surface area (Å²) in [6.07, 6.45) is 4.63. The SMILES string of the molecule is O=C(NCc1ccc(Cl)c(CNC2CC2)c1)C1CC1. The number of carbonyl (C=O) groups excluding carboxylic acids is 1. The van der Waals surface area contributed by atoms with Crippen LogP contribution in [0.4, 0.5) is 0 Å². The summed E-state index contributed by atoms with van der Waals surface area (Å²) in [4.78, 5) is 11.6. The molecule has 2 saturated carbocycles. The number of rotatable bonds is 6. The molecule has 0 bridgehead atoms. The van der Waals surface area contributed by atoms with Gasteiger partial charge in [-0.2, -0.15) is 0 Å². The average molecular weight is 279 g/mol. The van der Waals surface area contributed by atoms with Gasteiger partial charge in [0.1, 0.15) is 0 Å². The Labute approximate surface area is 118 Å². The second kappa shape index (κ2) is 5.51. The molecule has 1 amide bonds. The number of benzene rings is 1. The van der Waals surface area contributed by atoms with Gasteiger partial charge in [-0.1, -0.05) is 23.7 Å². The van der Waals surface area contributed by atoms with E-state index in [1.165, 1.54) is 12.8 Å². The van der Waals surface area contributed by atoms with Crippen molar-refractivity contribution in [2.75, 3.05) is 0 Å². The van der Waals surface area contributed by atoms with E-state index in [9.17, 15) is 4.79 Å². The van der Waals surface area contributed by atoms with Gasteiger partial charge in [-0.15, -0.1) is 0 Å². The fourth-order valence-electron chi connectivity index (χ4n) is 2.09. The molecule has 2 fully saturated rings. The van der Waals surface area contributed by atoms with Gasteiger partial charge in [-0.05, 0) is 42.9 Å².